The van der Waals surface area contributed by atoms with Gasteiger partial charge in [0.15, 0.2) is 0 Å². The van der Waals surface area contributed by atoms with Crippen LogP contribution in [-0.4, -0.2) is 20.4 Å². The van der Waals surface area contributed by atoms with E-state index in [0.717, 1.165) is 29.4 Å². The number of aromatic nitrogens is 3. The van der Waals surface area contributed by atoms with Crippen molar-refractivity contribution in [3.63, 3.8) is 0 Å². The largest absolute Gasteiger partial charge is 0.345 e. The molecule has 0 aliphatic heterocycles. The molecule has 0 aromatic carbocycles. The number of carbonyl (C=O) groups excluding carboxylic acids is 1. The third kappa shape index (κ3) is 4.10. The maximum atomic E-state index is 12.5. The summed E-state index contributed by atoms with van der Waals surface area (Å²) in [6.07, 6.45) is 5.15. The van der Waals surface area contributed by atoms with Gasteiger partial charge < -0.3 is 9.88 Å². The Bertz CT molecular complexity index is 791. The van der Waals surface area contributed by atoms with Gasteiger partial charge in [-0.25, -0.2) is 9.97 Å². The zero-order valence-corrected chi connectivity index (χ0v) is 15.4. The highest BCUT2D eigenvalue weighted by Gasteiger charge is 2.19. The Kier molecular flexibility index (Phi) is 5.42. The topological polar surface area (TPSA) is 59.8 Å². The lowest BCUT2D eigenvalue weighted by molar-refractivity contribution is -0.122. The van der Waals surface area contributed by atoms with Crippen LogP contribution in [0.15, 0.2) is 34.6 Å². The number of hydrogen-bond acceptors (Lipinski definition) is 5. The van der Waals surface area contributed by atoms with E-state index < -0.39 is 0 Å². The van der Waals surface area contributed by atoms with Gasteiger partial charge in [0, 0.05) is 36.3 Å². The fraction of sp³-hybridized carbons (Fsp3) is 0.353. The van der Waals surface area contributed by atoms with E-state index >= 15 is 0 Å². The fourth-order valence-electron chi connectivity index (χ4n) is 2.57. The van der Waals surface area contributed by atoms with Crippen molar-refractivity contribution in [1.82, 2.24) is 19.9 Å². The molecule has 0 saturated carbocycles. The molecule has 0 aliphatic rings. The third-order valence-electron chi connectivity index (χ3n) is 3.72. The summed E-state index contributed by atoms with van der Waals surface area (Å²) in [5.74, 6) is 0.903. The molecular formula is C17H20N4OS2. The highest BCUT2D eigenvalue weighted by Crippen LogP contribution is 2.23. The molecule has 0 radical (unpaired) electrons. The molecule has 7 heteroatoms. The average Bonchev–Trinajstić information content (AvgIpc) is 3.28. The van der Waals surface area contributed by atoms with Crippen molar-refractivity contribution >= 4 is 28.6 Å². The molecule has 3 aromatic heterocycles. The molecule has 126 valence electrons. The van der Waals surface area contributed by atoms with Gasteiger partial charge >= 0.3 is 0 Å². The molecular weight excluding hydrogens is 340 g/mol. The molecule has 0 saturated heterocycles. The molecule has 3 aromatic rings. The molecule has 24 heavy (non-hydrogen) atoms. The second-order valence-electron chi connectivity index (χ2n) is 5.61. The number of nitrogens with one attached hydrogen (secondary N) is 1. The van der Waals surface area contributed by atoms with Crippen LogP contribution in [0.5, 0.6) is 0 Å². The predicted molar refractivity (Wildman–Crippen MR) is 97.4 cm³/mol. The molecule has 0 spiro atoms. The minimum Gasteiger partial charge on any atom is -0.345 e. The maximum Gasteiger partial charge on any atom is 0.240 e. The number of aryl methyl sites for hydroxylation is 2. The van der Waals surface area contributed by atoms with Crippen LogP contribution in [0.25, 0.3) is 0 Å². The van der Waals surface area contributed by atoms with Crippen LogP contribution in [-0.2, 0) is 24.2 Å². The summed E-state index contributed by atoms with van der Waals surface area (Å²) in [6.45, 7) is 4.30. The molecule has 3 rings (SSSR count). The van der Waals surface area contributed by atoms with E-state index in [4.69, 9.17) is 0 Å². The number of hydrogen-bond donors (Lipinski definition) is 1. The Labute approximate surface area is 149 Å². The number of nitrogens with zero attached hydrogens (tertiary/aromatic N) is 3. The quantitative estimate of drug-likeness (QED) is 0.703. The first-order chi connectivity index (χ1) is 11.7. The van der Waals surface area contributed by atoms with Crippen molar-refractivity contribution in [3.8, 4) is 0 Å². The Morgan fingerprint density at radius 3 is 2.96 bits per heavy atom. The van der Waals surface area contributed by atoms with Crippen molar-refractivity contribution in [2.24, 2.45) is 0 Å². The molecule has 1 atom stereocenters. The summed E-state index contributed by atoms with van der Waals surface area (Å²) < 4.78 is 1.89. The van der Waals surface area contributed by atoms with Gasteiger partial charge in [-0.3, -0.25) is 4.79 Å². The highest BCUT2D eigenvalue weighted by atomic mass is 32.1. The van der Waals surface area contributed by atoms with Gasteiger partial charge in [-0.2, -0.15) is 11.3 Å². The minimum atomic E-state index is -0.0978. The Balaban J connectivity index is 1.72. The van der Waals surface area contributed by atoms with Crippen molar-refractivity contribution < 1.29 is 4.79 Å². The van der Waals surface area contributed by atoms with Crippen LogP contribution < -0.4 is 5.32 Å². The van der Waals surface area contributed by atoms with Gasteiger partial charge in [0.05, 0.1) is 6.04 Å². The number of rotatable bonds is 7. The van der Waals surface area contributed by atoms with Crippen molar-refractivity contribution in [2.45, 2.75) is 39.3 Å². The number of imidazole rings is 1. The Hall–Kier alpha value is -1.99. The van der Waals surface area contributed by atoms with E-state index in [1.54, 1.807) is 28.9 Å². The first kappa shape index (κ1) is 16.9. The monoisotopic (exact) mass is 360 g/mol. The van der Waals surface area contributed by atoms with Crippen LogP contribution in [0, 0.1) is 6.92 Å². The van der Waals surface area contributed by atoms with Crippen molar-refractivity contribution in [2.75, 3.05) is 0 Å². The lowest BCUT2D eigenvalue weighted by Gasteiger charge is -2.17. The van der Waals surface area contributed by atoms with E-state index in [0.29, 0.717) is 0 Å². The van der Waals surface area contributed by atoms with E-state index in [1.165, 1.54) is 5.56 Å². The van der Waals surface area contributed by atoms with Gasteiger partial charge in [-0.1, -0.05) is 6.92 Å². The fourth-order valence-corrected chi connectivity index (χ4v) is 4.10. The standard InChI is InChI=1S/C17H20N4OS2/c1-3-15-18-5-6-21(15)9-16(22)20-14(8-13-4-7-23-11-13)17-19-12(2)10-24-17/h4-7,10-11,14H,3,8-9H2,1-2H3,(H,20,22). The zero-order chi connectivity index (χ0) is 16.9. The smallest absolute Gasteiger partial charge is 0.240 e. The second-order valence-corrected chi connectivity index (χ2v) is 7.28. The highest BCUT2D eigenvalue weighted by molar-refractivity contribution is 7.09. The Morgan fingerprint density at radius 1 is 1.42 bits per heavy atom. The van der Waals surface area contributed by atoms with Crippen molar-refractivity contribution in [1.29, 1.82) is 0 Å². The molecule has 1 unspecified atom stereocenters. The first-order valence-corrected chi connectivity index (χ1v) is 9.70. The van der Waals surface area contributed by atoms with Crippen LogP contribution in [0.4, 0.5) is 0 Å². The number of thiazole rings is 1. The molecule has 0 fully saturated rings. The molecule has 5 nitrogen and oxygen atoms in total. The summed E-state index contributed by atoms with van der Waals surface area (Å²) in [5, 5.41) is 10.3. The number of thiophene rings is 1. The maximum absolute atomic E-state index is 12.5. The van der Waals surface area contributed by atoms with Gasteiger partial charge in [-0.15, -0.1) is 11.3 Å². The van der Waals surface area contributed by atoms with Crippen LogP contribution in [0.2, 0.25) is 0 Å². The van der Waals surface area contributed by atoms with Crippen molar-refractivity contribution in [3.05, 3.63) is 56.7 Å². The Morgan fingerprint density at radius 2 is 2.29 bits per heavy atom. The van der Waals surface area contributed by atoms with E-state index in [1.807, 2.05) is 30.0 Å². The third-order valence-corrected chi connectivity index (χ3v) is 5.53. The van der Waals surface area contributed by atoms with Crippen LogP contribution in [0.3, 0.4) is 0 Å². The predicted octanol–water partition coefficient (Wildman–Crippen LogP) is 3.37. The summed E-state index contributed by atoms with van der Waals surface area (Å²) in [4.78, 5) is 21.3. The van der Waals surface area contributed by atoms with Gasteiger partial charge in [-0.05, 0) is 29.3 Å². The zero-order valence-electron chi connectivity index (χ0n) is 13.7. The number of amides is 1. The second kappa shape index (κ2) is 7.72. The van der Waals surface area contributed by atoms with Gasteiger partial charge in [0.25, 0.3) is 0 Å². The first-order valence-electron chi connectivity index (χ1n) is 7.88. The van der Waals surface area contributed by atoms with Crippen LogP contribution in [0.1, 0.15) is 35.1 Å². The van der Waals surface area contributed by atoms with E-state index in [-0.39, 0.29) is 18.5 Å². The van der Waals surface area contributed by atoms with E-state index in [2.05, 4.69) is 32.1 Å². The van der Waals surface area contributed by atoms with Gasteiger partial charge in [0.1, 0.15) is 17.4 Å². The average molecular weight is 361 g/mol. The molecule has 3 heterocycles. The summed E-state index contributed by atoms with van der Waals surface area (Å²) in [5.41, 5.74) is 2.21. The molecule has 0 aliphatic carbocycles. The summed E-state index contributed by atoms with van der Waals surface area (Å²) in [6, 6.07) is 1.99. The summed E-state index contributed by atoms with van der Waals surface area (Å²) >= 11 is 3.26. The van der Waals surface area contributed by atoms with E-state index in [9.17, 15) is 4.79 Å². The van der Waals surface area contributed by atoms with Crippen LogP contribution >= 0.6 is 22.7 Å². The molecule has 0 bridgehead atoms. The minimum absolute atomic E-state index is 0.0178. The van der Waals surface area contributed by atoms with Gasteiger partial charge in [0.2, 0.25) is 5.91 Å². The lowest BCUT2D eigenvalue weighted by Crippen LogP contribution is -2.33. The molecule has 1 N–H and O–H groups in total. The SMILES string of the molecule is CCc1nccn1CC(=O)NC(Cc1ccsc1)c1nc(C)cs1. The molecule has 1 amide bonds. The summed E-state index contributed by atoms with van der Waals surface area (Å²) in [7, 11) is 0. The number of carbonyl (C=O) groups is 1. The lowest BCUT2D eigenvalue weighted by atomic mass is 10.1. The normalized spacial score (nSPS) is 12.2.